The number of rotatable bonds is 6. The van der Waals surface area contributed by atoms with Crippen LogP contribution in [-0.4, -0.2) is 41.5 Å². The fourth-order valence-corrected chi connectivity index (χ4v) is 2.63. The van der Waals surface area contributed by atoms with Crippen LogP contribution in [0.15, 0.2) is 36.3 Å². The largest absolute Gasteiger partial charge is 0.466 e. The van der Waals surface area contributed by atoms with Gasteiger partial charge in [-0.15, -0.1) is 0 Å². The molecule has 1 aromatic rings. The van der Waals surface area contributed by atoms with Gasteiger partial charge in [-0.2, -0.15) is 5.26 Å². The van der Waals surface area contributed by atoms with Gasteiger partial charge in [0.05, 0.1) is 12.5 Å². The molecule has 0 bridgehead atoms. The molecule has 1 N–H and O–H groups in total. The second kappa shape index (κ2) is 9.42. The Hall–Kier alpha value is -2.88. The lowest BCUT2D eigenvalue weighted by atomic mass is 9.97. The molecule has 0 aliphatic carbocycles. The maximum absolute atomic E-state index is 12.2. The van der Waals surface area contributed by atoms with Crippen LogP contribution in [0.25, 0.3) is 0 Å². The number of nitriles is 1. The molecule has 25 heavy (non-hydrogen) atoms. The van der Waals surface area contributed by atoms with E-state index in [4.69, 9.17) is 4.74 Å². The molecule has 0 spiro atoms. The molecule has 1 aliphatic rings. The molecule has 1 aliphatic heterocycles. The Labute approximate surface area is 147 Å². The number of nitrogens with zero attached hydrogens (tertiary/aromatic N) is 3. The first-order valence-corrected chi connectivity index (χ1v) is 8.33. The van der Waals surface area contributed by atoms with E-state index in [2.05, 4.69) is 10.3 Å². The summed E-state index contributed by atoms with van der Waals surface area (Å²) in [7, 11) is 0. The number of amides is 1. The van der Waals surface area contributed by atoms with Crippen LogP contribution in [0.3, 0.4) is 0 Å². The predicted octanol–water partition coefficient (Wildman–Crippen LogP) is 1.38. The number of pyridine rings is 1. The van der Waals surface area contributed by atoms with Crippen LogP contribution in [0.2, 0.25) is 0 Å². The van der Waals surface area contributed by atoms with E-state index in [9.17, 15) is 14.9 Å². The maximum atomic E-state index is 12.2. The van der Waals surface area contributed by atoms with Gasteiger partial charge in [-0.3, -0.25) is 14.6 Å². The van der Waals surface area contributed by atoms with Gasteiger partial charge in [0, 0.05) is 38.2 Å². The van der Waals surface area contributed by atoms with Crippen molar-refractivity contribution < 1.29 is 14.3 Å². The van der Waals surface area contributed by atoms with E-state index in [-0.39, 0.29) is 17.5 Å². The SMILES string of the molecule is CCOC(=O)C1CCN(/C=C(/C#N)C(=O)NCc2cccnc2)CC1. The Kier molecular flexibility index (Phi) is 6.96. The Bertz CT molecular complexity index is 659. The fourth-order valence-electron chi connectivity index (χ4n) is 2.63. The third-order valence-corrected chi connectivity index (χ3v) is 4.00. The van der Waals surface area contributed by atoms with E-state index in [1.165, 1.54) is 0 Å². The van der Waals surface area contributed by atoms with Crippen molar-refractivity contribution in [1.29, 1.82) is 5.26 Å². The topological polar surface area (TPSA) is 95.3 Å². The highest BCUT2D eigenvalue weighted by Crippen LogP contribution is 2.19. The van der Waals surface area contributed by atoms with Gasteiger partial charge in [0.15, 0.2) is 0 Å². The normalized spacial score (nSPS) is 15.4. The highest BCUT2D eigenvalue weighted by molar-refractivity contribution is 5.97. The third-order valence-electron chi connectivity index (χ3n) is 4.00. The summed E-state index contributed by atoms with van der Waals surface area (Å²) in [5, 5.41) is 12.0. The van der Waals surface area contributed by atoms with Crippen molar-refractivity contribution in [3.63, 3.8) is 0 Å². The molecule has 1 aromatic heterocycles. The highest BCUT2D eigenvalue weighted by atomic mass is 16.5. The van der Waals surface area contributed by atoms with Crippen LogP contribution in [-0.2, 0) is 20.9 Å². The van der Waals surface area contributed by atoms with Crippen LogP contribution < -0.4 is 5.32 Å². The second-order valence-corrected chi connectivity index (χ2v) is 5.76. The minimum Gasteiger partial charge on any atom is -0.466 e. The molecule has 0 aromatic carbocycles. The predicted molar refractivity (Wildman–Crippen MR) is 90.7 cm³/mol. The number of esters is 1. The van der Waals surface area contributed by atoms with Gasteiger partial charge in [0.2, 0.25) is 0 Å². The molecule has 132 valence electrons. The Morgan fingerprint density at radius 3 is 2.84 bits per heavy atom. The molecule has 7 heteroatoms. The van der Waals surface area contributed by atoms with E-state index >= 15 is 0 Å². The zero-order valence-electron chi connectivity index (χ0n) is 14.3. The number of hydrogen-bond acceptors (Lipinski definition) is 6. The molecule has 0 unspecified atom stereocenters. The summed E-state index contributed by atoms with van der Waals surface area (Å²) in [6, 6.07) is 5.58. The fraction of sp³-hybridized carbons (Fsp3) is 0.444. The molecule has 1 saturated heterocycles. The Balaban J connectivity index is 1.86. The molecule has 0 saturated carbocycles. The molecule has 0 atom stereocenters. The number of likely N-dealkylation sites (tertiary alicyclic amines) is 1. The summed E-state index contributed by atoms with van der Waals surface area (Å²) in [4.78, 5) is 29.8. The summed E-state index contributed by atoms with van der Waals surface area (Å²) in [5.74, 6) is -0.686. The van der Waals surface area contributed by atoms with E-state index in [0.717, 1.165) is 5.56 Å². The molecular formula is C18H22N4O3. The van der Waals surface area contributed by atoms with Crippen LogP contribution in [0, 0.1) is 17.2 Å². The molecule has 0 radical (unpaired) electrons. The number of nitrogens with one attached hydrogen (secondary N) is 1. The zero-order chi connectivity index (χ0) is 18.1. The summed E-state index contributed by atoms with van der Waals surface area (Å²) < 4.78 is 5.04. The van der Waals surface area contributed by atoms with Crippen molar-refractivity contribution in [2.24, 2.45) is 5.92 Å². The van der Waals surface area contributed by atoms with Crippen molar-refractivity contribution >= 4 is 11.9 Å². The average molecular weight is 342 g/mol. The van der Waals surface area contributed by atoms with Gasteiger partial charge >= 0.3 is 5.97 Å². The first kappa shape index (κ1) is 18.5. The number of hydrogen-bond donors (Lipinski definition) is 1. The van der Waals surface area contributed by atoms with E-state index in [1.54, 1.807) is 31.6 Å². The third kappa shape index (κ3) is 5.60. The van der Waals surface area contributed by atoms with Crippen molar-refractivity contribution in [2.45, 2.75) is 26.3 Å². The van der Waals surface area contributed by atoms with Gasteiger partial charge < -0.3 is 15.0 Å². The van der Waals surface area contributed by atoms with Crippen molar-refractivity contribution in [3.8, 4) is 6.07 Å². The van der Waals surface area contributed by atoms with Gasteiger partial charge in [-0.05, 0) is 31.4 Å². The number of carbonyl (C=O) groups excluding carboxylic acids is 2. The van der Waals surface area contributed by atoms with E-state index in [1.807, 2.05) is 17.0 Å². The van der Waals surface area contributed by atoms with Crippen molar-refractivity contribution in [2.75, 3.05) is 19.7 Å². The van der Waals surface area contributed by atoms with Gasteiger partial charge in [0.1, 0.15) is 11.6 Å². The van der Waals surface area contributed by atoms with Crippen molar-refractivity contribution in [1.82, 2.24) is 15.2 Å². The van der Waals surface area contributed by atoms with E-state index < -0.39 is 5.91 Å². The minimum absolute atomic E-state index is 0.0541. The first-order chi connectivity index (χ1) is 12.1. The molecule has 7 nitrogen and oxygen atoms in total. The van der Waals surface area contributed by atoms with Gasteiger partial charge in [-0.1, -0.05) is 6.07 Å². The van der Waals surface area contributed by atoms with Gasteiger partial charge in [-0.25, -0.2) is 0 Å². The van der Waals surface area contributed by atoms with E-state index in [0.29, 0.717) is 39.1 Å². The molecular weight excluding hydrogens is 320 g/mol. The number of aromatic nitrogens is 1. The number of carbonyl (C=O) groups is 2. The highest BCUT2D eigenvalue weighted by Gasteiger charge is 2.25. The first-order valence-electron chi connectivity index (χ1n) is 8.33. The molecule has 2 heterocycles. The monoisotopic (exact) mass is 342 g/mol. The Morgan fingerprint density at radius 1 is 1.48 bits per heavy atom. The minimum atomic E-state index is -0.418. The smallest absolute Gasteiger partial charge is 0.309 e. The summed E-state index contributed by atoms with van der Waals surface area (Å²) in [5.41, 5.74) is 0.918. The van der Waals surface area contributed by atoms with Crippen LogP contribution in [0.4, 0.5) is 0 Å². The molecule has 1 amide bonds. The summed E-state index contributed by atoms with van der Waals surface area (Å²) in [6.07, 6.45) is 6.21. The van der Waals surface area contributed by atoms with Gasteiger partial charge in [0.25, 0.3) is 5.91 Å². The van der Waals surface area contributed by atoms with Crippen molar-refractivity contribution in [3.05, 3.63) is 41.9 Å². The van der Waals surface area contributed by atoms with Crippen LogP contribution in [0.1, 0.15) is 25.3 Å². The standard InChI is InChI=1S/C18H22N4O3/c1-2-25-18(24)15-5-8-22(9-6-15)13-16(10-19)17(23)21-12-14-4-3-7-20-11-14/h3-4,7,11,13,15H,2,5-6,8-9,12H2,1H3,(H,21,23)/b16-13-. The molecule has 2 rings (SSSR count). The lowest BCUT2D eigenvalue weighted by molar-refractivity contribution is -0.149. The zero-order valence-corrected chi connectivity index (χ0v) is 14.3. The number of piperidine rings is 1. The Morgan fingerprint density at radius 2 is 2.24 bits per heavy atom. The maximum Gasteiger partial charge on any atom is 0.309 e. The quantitative estimate of drug-likeness (QED) is 0.477. The van der Waals surface area contributed by atoms with Crippen LogP contribution in [0.5, 0.6) is 0 Å². The molecule has 1 fully saturated rings. The van der Waals surface area contributed by atoms with Crippen LogP contribution >= 0.6 is 0 Å². The lowest BCUT2D eigenvalue weighted by Crippen LogP contribution is -2.35. The number of ether oxygens (including phenoxy) is 1. The summed E-state index contributed by atoms with van der Waals surface area (Å²) in [6.45, 7) is 3.72. The second-order valence-electron chi connectivity index (χ2n) is 5.76. The average Bonchev–Trinajstić information content (AvgIpc) is 2.65. The summed E-state index contributed by atoms with van der Waals surface area (Å²) >= 11 is 0. The lowest BCUT2D eigenvalue weighted by Gasteiger charge is -2.30.